The summed E-state index contributed by atoms with van der Waals surface area (Å²) in [7, 11) is 0. The number of hydrogen-bond acceptors (Lipinski definition) is 4. The molecular weight excluding hydrogens is 475 g/mol. The van der Waals surface area contributed by atoms with Gasteiger partial charge in [0.2, 0.25) is 0 Å². The first kappa shape index (κ1) is 20.8. The lowest BCUT2D eigenvalue weighted by Crippen LogP contribution is -2.46. The molecule has 0 radical (unpaired) electrons. The van der Waals surface area contributed by atoms with Gasteiger partial charge in [0.25, 0.3) is 0 Å². The molecule has 1 aliphatic heterocycles. The van der Waals surface area contributed by atoms with E-state index in [0.29, 0.717) is 10.0 Å². The smallest absolute Gasteiger partial charge is 0.123 e. The number of nitrogens with zero attached hydrogens (tertiary/aromatic N) is 4. The molecule has 0 amide bonds. The second kappa shape index (κ2) is 9.56. The zero-order valence-electron chi connectivity index (χ0n) is 16.0. The highest BCUT2D eigenvalue weighted by Gasteiger charge is 2.19. The summed E-state index contributed by atoms with van der Waals surface area (Å²) in [6.07, 6.45) is 5.86. The molecule has 1 aliphatic rings. The quantitative estimate of drug-likeness (QED) is 0.410. The summed E-state index contributed by atoms with van der Waals surface area (Å²) in [6, 6.07) is 9.79. The fourth-order valence-electron chi connectivity index (χ4n) is 3.60. The number of unbranched alkanes of at least 4 members (excludes halogenated alkanes) is 1. The normalized spacial score (nSPS) is 15.2. The van der Waals surface area contributed by atoms with Crippen molar-refractivity contribution in [3.05, 3.63) is 57.2 Å². The van der Waals surface area contributed by atoms with Crippen molar-refractivity contribution in [1.29, 1.82) is 0 Å². The van der Waals surface area contributed by atoms with Crippen LogP contribution in [0.25, 0.3) is 5.52 Å². The third kappa shape index (κ3) is 5.00. The first-order chi connectivity index (χ1) is 14.1. The summed E-state index contributed by atoms with van der Waals surface area (Å²) in [5.74, 6) is 0.880. The summed E-state index contributed by atoms with van der Waals surface area (Å²) in [5.41, 5.74) is 2.05. The van der Waals surface area contributed by atoms with Crippen LogP contribution in [0.2, 0.25) is 10.0 Å². The maximum atomic E-state index is 6.36. The van der Waals surface area contributed by atoms with Gasteiger partial charge in [-0.05, 0) is 53.5 Å². The van der Waals surface area contributed by atoms with Crippen LogP contribution < -0.4 is 9.64 Å². The average molecular weight is 498 g/mol. The molecule has 5 nitrogen and oxygen atoms in total. The zero-order chi connectivity index (χ0) is 20.2. The molecule has 3 heterocycles. The molecule has 0 saturated carbocycles. The SMILES string of the molecule is Clc1cccc(N2CCN(CCCCOc3ccn4ncc(Br)c4c3)CC2)c1Cl. The maximum Gasteiger partial charge on any atom is 0.123 e. The van der Waals surface area contributed by atoms with Gasteiger partial charge in [0.1, 0.15) is 5.75 Å². The number of pyridine rings is 1. The van der Waals surface area contributed by atoms with Crippen LogP contribution in [0.4, 0.5) is 5.69 Å². The van der Waals surface area contributed by atoms with Crippen LogP contribution in [0.15, 0.2) is 47.2 Å². The maximum absolute atomic E-state index is 6.36. The van der Waals surface area contributed by atoms with E-state index in [9.17, 15) is 0 Å². The predicted octanol–water partition coefficient (Wildman–Crippen LogP) is 5.38. The van der Waals surface area contributed by atoms with Crippen molar-refractivity contribution in [3.8, 4) is 5.75 Å². The molecule has 1 aromatic carbocycles. The number of hydrogen-bond donors (Lipinski definition) is 0. The molecule has 4 rings (SSSR count). The highest BCUT2D eigenvalue weighted by molar-refractivity contribution is 9.10. The molecule has 29 heavy (non-hydrogen) atoms. The van der Waals surface area contributed by atoms with E-state index in [0.717, 1.165) is 73.6 Å². The highest BCUT2D eigenvalue weighted by Crippen LogP contribution is 2.32. The van der Waals surface area contributed by atoms with Gasteiger partial charge in [0.15, 0.2) is 0 Å². The molecular formula is C21H23BrCl2N4O. The molecule has 1 saturated heterocycles. The van der Waals surface area contributed by atoms with Gasteiger partial charge < -0.3 is 9.64 Å². The van der Waals surface area contributed by atoms with Gasteiger partial charge in [-0.15, -0.1) is 0 Å². The minimum absolute atomic E-state index is 0.617. The van der Waals surface area contributed by atoms with Crippen LogP contribution in [-0.4, -0.2) is 53.8 Å². The van der Waals surface area contributed by atoms with Crippen molar-refractivity contribution >= 4 is 50.3 Å². The van der Waals surface area contributed by atoms with Crippen molar-refractivity contribution < 1.29 is 4.74 Å². The first-order valence-electron chi connectivity index (χ1n) is 9.79. The molecule has 0 unspecified atom stereocenters. The molecule has 1 fully saturated rings. The predicted molar refractivity (Wildman–Crippen MR) is 123 cm³/mol. The summed E-state index contributed by atoms with van der Waals surface area (Å²) >= 11 is 16.0. The monoisotopic (exact) mass is 496 g/mol. The van der Waals surface area contributed by atoms with Crippen molar-refractivity contribution in [1.82, 2.24) is 14.5 Å². The lowest BCUT2D eigenvalue weighted by molar-refractivity contribution is 0.238. The Morgan fingerprint density at radius 2 is 1.90 bits per heavy atom. The Morgan fingerprint density at radius 1 is 1.07 bits per heavy atom. The third-order valence-electron chi connectivity index (χ3n) is 5.23. The summed E-state index contributed by atoms with van der Waals surface area (Å²) in [4.78, 5) is 4.82. The molecule has 3 aromatic rings. The number of rotatable bonds is 7. The number of ether oxygens (including phenoxy) is 1. The third-order valence-corrected chi connectivity index (χ3v) is 6.65. The Hall–Kier alpha value is -1.47. The minimum atomic E-state index is 0.617. The van der Waals surface area contributed by atoms with E-state index in [2.05, 4.69) is 30.8 Å². The minimum Gasteiger partial charge on any atom is -0.493 e. The van der Waals surface area contributed by atoms with Crippen LogP contribution in [-0.2, 0) is 0 Å². The van der Waals surface area contributed by atoms with Crippen molar-refractivity contribution in [2.45, 2.75) is 12.8 Å². The lowest BCUT2D eigenvalue weighted by atomic mass is 10.2. The van der Waals surface area contributed by atoms with E-state index in [1.54, 1.807) is 6.20 Å². The van der Waals surface area contributed by atoms with Gasteiger partial charge in [-0.25, -0.2) is 4.52 Å². The Bertz CT molecular complexity index is 972. The van der Waals surface area contributed by atoms with Gasteiger partial charge >= 0.3 is 0 Å². The number of anilines is 1. The average Bonchev–Trinajstić information content (AvgIpc) is 3.11. The van der Waals surface area contributed by atoms with Crippen molar-refractivity contribution in [2.75, 3.05) is 44.2 Å². The van der Waals surface area contributed by atoms with Crippen LogP contribution >= 0.6 is 39.1 Å². The fourth-order valence-corrected chi connectivity index (χ4v) is 4.40. The van der Waals surface area contributed by atoms with Crippen LogP contribution in [0.1, 0.15) is 12.8 Å². The van der Waals surface area contributed by atoms with Crippen LogP contribution in [0.5, 0.6) is 5.75 Å². The van der Waals surface area contributed by atoms with E-state index >= 15 is 0 Å². The number of piperazine rings is 1. The topological polar surface area (TPSA) is 33.0 Å². The van der Waals surface area contributed by atoms with Crippen LogP contribution in [0, 0.1) is 0 Å². The van der Waals surface area contributed by atoms with Gasteiger partial charge in [0.05, 0.1) is 38.5 Å². The summed E-state index contributed by atoms with van der Waals surface area (Å²) in [5, 5.41) is 5.52. The Balaban J connectivity index is 1.17. The van der Waals surface area contributed by atoms with E-state index in [1.165, 1.54) is 0 Å². The van der Waals surface area contributed by atoms with E-state index in [4.69, 9.17) is 27.9 Å². The standard InChI is InChI=1S/C21H23BrCl2N4O/c22-17-15-25-28-8-6-16(14-20(17)28)29-13-2-1-7-26-9-11-27(12-10-26)19-5-3-4-18(23)21(19)24/h3-6,8,14-15H,1-2,7,9-13H2. The molecule has 154 valence electrons. The molecule has 8 heteroatoms. The molecule has 0 spiro atoms. The number of aromatic nitrogens is 2. The molecule has 2 aromatic heterocycles. The van der Waals surface area contributed by atoms with Crippen molar-refractivity contribution in [3.63, 3.8) is 0 Å². The number of benzene rings is 1. The lowest BCUT2D eigenvalue weighted by Gasteiger charge is -2.36. The Morgan fingerprint density at radius 3 is 2.72 bits per heavy atom. The largest absolute Gasteiger partial charge is 0.493 e. The van der Waals surface area contributed by atoms with Gasteiger partial charge in [-0.1, -0.05) is 29.3 Å². The highest BCUT2D eigenvalue weighted by atomic mass is 79.9. The van der Waals surface area contributed by atoms with E-state index < -0.39 is 0 Å². The summed E-state index contributed by atoms with van der Waals surface area (Å²) in [6.45, 7) is 5.83. The van der Waals surface area contributed by atoms with Crippen molar-refractivity contribution in [2.24, 2.45) is 0 Å². The van der Waals surface area contributed by atoms with Gasteiger partial charge in [-0.2, -0.15) is 5.10 Å². The fraction of sp³-hybridized carbons (Fsp3) is 0.381. The van der Waals surface area contributed by atoms with Gasteiger partial charge in [-0.3, -0.25) is 4.90 Å². The first-order valence-corrected chi connectivity index (χ1v) is 11.3. The Kier molecular flexibility index (Phi) is 6.85. The summed E-state index contributed by atoms with van der Waals surface area (Å²) < 4.78 is 8.71. The molecule has 0 aliphatic carbocycles. The molecule has 0 atom stereocenters. The van der Waals surface area contributed by atoms with E-state index in [-0.39, 0.29) is 0 Å². The number of fused-ring (bicyclic) bond motifs is 1. The van der Waals surface area contributed by atoms with Gasteiger partial charge in [0, 0.05) is 38.4 Å². The molecule has 0 bridgehead atoms. The number of halogens is 3. The molecule has 0 N–H and O–H groups in total. The van der Waals surface area contributed by atoms with Crippen LogP contribution in [0.3, 0.4) is 0 Å². The van der Waals surface area contributed by atoms with E-state index in [1.807, 2.05) is 41.0 Å². The zero-order valence-corrected chi connectivity index (χ0v) is 19.1. The Labute approximate surface area is 189 Å². The second-order valence-electron chi connectivity index (χ2n) is 7.14. The second-order valence-corrected chi connectivity index (χ2v) is 8.78.